The first-order valence-corrected chi connectivity index (χ1v) is 7.41. The highest BCUT2D eigenvalue weighted by Gasteiger charge is 2.12. The van der Waals surface area contributed by atoms with Crippen molar-refractivity contribution in [3.63, 3.8) is 0 Å². The lowest BCUT2D eigenvalue weighted by molar-refractivity contribution is 0.282. The molecule has 1 N–H and O–H groups in total. The third kappa shape index (κ3) is 3.93. The van der Waals surface area contributed by atoms with Crippen molar-refractivity contribution in [2.75, 3.05) is 24.0 Å². The molecule has 0 fully saturated rings. The summed E-state index contributed by atoms with van der Waals surface area (Å²) in [4.78, 5) is 2.27. The maximum atomic E-state index is 9.42. The average Bonchev–Trinajstić information content (AvgIpc) is 2.34. The maximum Gasteiger partial charge on any atom is 0.0702 e. The lowest BCUT2D eigenvalue weighted by Crippen LogP contribution is -2.30. The first-order chi connectivity index (χ1) is 8.10. The van der Waals surface area contributed by atoms with E-state index in [9.17, 15) is 5.11 Å². The van der Waals surface area contributed by atoms with E-state index in [2.05, 4.69) is 50.2 Å². The molecular formula is C14H23NOS. The van der Waals surface area contributed by atoms with E-state index in [1.807, 2.05) is 11.8 Å². The van der Waals surface area contributed by atoms with Crippen molar-refractivity contribution >= 4 is 17.4 Å². The molecular weight excluding hydrogens is 230 g/mol. The second kappa shape index (κ2) is 6.92. The number of hydrogen-bond donors (Lipinski definition) is 1. The Bertz CT molecular complexity index is 354. The van der Waals surface area contributed by atoms with Gasteiger partial charge in [-0.2, -0.15) is 11.8 Å². The van der Waals surface area contributed by atoms with Crippen molar-refractivity contribution in [2.24, 2.45) is 0 Å². The molecule has 0 bridgehead atoms. The number of nitrogens with zero attached hydrogens (tertiary/aromatic N) is 1. The third-order valence-electron chi connectivity index (χ3n) is 3.19. The molecule has 0 aromatic heterocycles. The van der Waals surface area contributed by atoms with E-state index in [4.69, 9.17) is 0 Å². The second-order valence-corrected chi connectivity index (χ2v) is 5.52. The lowest BCUT2D eigenvalue weighted by Gasteiger charge is -2.29. The minimum absolute atomic E-state index is 0.108. The molecule has 1 aromatic rings. The fraction of sp³-hybridized carbons (Fsp3) is 0.571. The molecule has 1 rings (SSSR count). The normalized spacial score (nSPS) is 12.5. The van der Waals surface area contributed by atoms with Gasteiger partial charge in [0.15, 0.2) is 0 Å². The fourth-order valence-electron chi connectivity index (χ4n) is 1.90. The lowest BCUT2D eigenvalue weighted by atomic mass is 10.1. The topological polar surface area (TPSA) is 23.5 Å². The van der Waals surface area contributed by atoms with Gasteiger partial charge in [0.25, 0.3) is 0 Å². The molecule has 1 aromatic carbocycles. The first-order valence-electron chi connectivity index (χ1n) is 6.02. The zero-order valence-corrected chi connectivity index (χ0v) is 12.0. The highest BCUT2D eigenvalue weighted by Crippen LogP contribution is 2.24. The van der Waals surface area contributed by atoms with Gasteiger partial charge in [0.1, 0.15) is 0 Å². The van der Waals surface area contributed by atoms with Gasteiger partial charge in [-0.15, -0.1) is 0 Å². The summed E-state index contributed by atoms with van der Waals surface area (Å²) in [5.41, 5.74) is 3.36. The van der Waals surface area contributed by atoms with Crippen LogP contribution in [0.2, 0.25) is 0 Å². The summed E-state index contributed by atoms with van der Waals surface area (Å²) >= 11 is 1.88. The number of aryl methyl sites for hydroxylation is 1. The van der Waals surface area contributed by atoms with Crippen LogP contribution in [0.25, 0.3) is 0 Å². The summed E-state index contributed by atoms with van der Waals surface area (Å²) in [5.74, 6) is 1.17. The van der Waals surface area contributed by atoms with Crippen molar-refractivity contribution in [1.82, 2.24) is 0 Å². The van der Waals surface area contributed by atoms with Gasteiger partial charge in [-0.05, 0) is 38.3 Å². The van der Waals surface area contributed by atoms with Crippen LogP contribution < -0.4 is 4.90 Å². The molecule has 0 spiro atoms. The predicted molar refractivity (Wildman–Crippen MR) is 78.0 cm³/mol. The summed E-state index contributed by atoms with van der Waals surface area (Å²) in [7, 11) is 2.11. The molecule has 0 amide bonds. The first kappa shape index (κ1) is 14.4. The van der Waals surface area contributed by atoms with Gasteiger partial charge in [-0.1, -0.05) is 17.7 Å². The molecule has 3 heteroatoms. The van der Waals surface area contributed by atoms with E-state index in [0.29, 0.717) is 6.04 Å². The molecule has 0 aliphatic heterocycles. The minimum Gasteiger partial charge on any atom is -0.392 e. The summed E-state index contributed by atoms with van der Waals surface area (Å²) in [6.45, 7) is 4.40. The van der Waals surface area contributed by atoms with Gasteiger partial charge in [0.2, 0.25) is 0 Å². The largest absolute Gasteiger partial charge is 0.392 e. The smallest absolute Gasteiger partial charge is 0.0702 e. The summed E-state index contributed by atoms with van der Waals surface area (Å²) in [5, 5.41) is 9.42. The van der Waals surface area contributed by atoms with Crippen molar-refractivity contribution in [2.45, 2.75) is 32.9 Å². The molecule has 0 saturated heterocycles. The van der Waals surface area contributed by atoms with Crippen molar-refractivity contribution in [1.29, 1.82) is 0 Å². The Labute approximate surface area is 109 Å². The van der Waals surface area contributed by atoms with Crippen LogP contribution >= 0.6 is 11.8 Å². The maximum absolute atomic E-state index is 9.42. The van der Waals surface area contributed by atoms with Crippen molar-refractivity contribution in [3.8, 4) is 0 Å². The van der Waals surface area contributed by atoms with Gasteiger partial charge in [0.05, 0.1) is 6.61 Å². The van der Waals surface area contributed by atoms with E-state index >= 15 is 0 Å². The number of thioether (sulfide) groups is 1. The number of anilines is 1. The molecule has 0 radical (unpaired) electrons. The Morgan fingerprint density at radius 1 is 1.41 bits per heavy atom. The summed E-state index contributed by atoms with van der Waals surface area (Å²) in [6.07, 6.45) is 3.30. The average molecular weight is 253 g/mol. The molecule has 96 valence electrons. The quantitative estimate of drug-likeness (QED) is 0.843. The van der Waals surface area contributed by atoms with Crippen LogP contribution in [0.4, 0.5) is 5.69 Å². The Morgan fingerprint density at radius 2 is 2.12 bits per heavy atom. The number of hydrogen-bond acceptors (Lipinski definition) is 3. The van der Waals surface area contributed by atoms with E-state index < -0.39 is 0 Å². The highest BCUT2D eigenvalue weighted by molar-refractivity contribution is 7.98. The second-order valence-electron chi connectivity index (χ2n) is 4.53. The zero-order valence-electron chi connectivity index (χ0n) is 11.2. The van der Waals surface area contributed by atoms with Gasteiger partial charge < -0.3 is 10.0 Å². The fourth-order valence-corrected chi connectivity index (χ4v) is 2.48. The van der Waals surface area contributed by atoms with Crippen molar-refractivity contribution in [3.05, 3.63) is 29.3 Å². The number of benzene rings is 1. The minimum atomic E-state index is 0.108. The van der Waals surface area contributed by atoms with Crippen LogP contribution in [0.5, 0.6) is 0 Å². The molecule has 2 nitrogen and oxygen atoms in total. The Balaban J connectivity index is 2.83. The number of rotatable bonds is 6. The molecule has 0 saturated carbocycles. The SMILES string of the molecule is CSCCC(C)N(C)c1ccc(C)cc1CO. The van der Waals surface area contributed by atoms with Gasteiger partial charge in [-0.3, -0.25) is 0 Å². The molecule has 0 aliphatic rings. The van der Waals surface area contributed by atoms with Gasteiger partial charge in [-0.25, -0.2) is 0 Å². The Hall–Kier alpha value is -0.670. The van der Waals surface area contributed by atoms with Crippen LogP contribution in [0, 0.1) is 6.92 Å². The molecule has 0 aliphatic carbocycles. The monoisotopic (exact) mass is 253 g/mol. The van der Waals surface area contributed by atoms with Crippen LogP contribution in [-0.2, 0) is 6.61 Å². The standard InChI is InChI=1S/C14H23NOS/c1-11-5-6-14(13(9-11)10-16)15(3)12(2)7-8-17-4/h5-6,9,12,16H,7-8,10H2,1-4H3. The predicted octanol–water partition coefficient (Wildman–Crippen LogP) is 3.07. The molecule has 1 atom stereocenters. The van der Waals surface area contributed by atoms with E-state index in [1.54, 1.807) is 0 Å². The van der Waals surface area contributed by atoms with Gasteiger partial charge in [0, 0.05) is 24.3 Å². The molecule has 1 unspecified atom stereocenters. The number of aliphatic hydroxyl groups is 1. The summed E-state index contributed by atoms with van der Waals surface area (Å²) in [6, 6.07) is 6.77. The van der Waals surface area contributed by atoms with Crippen LogP contribution in [0.3, 0.4) is 0 Å². The molecule has 0 heterocycles. The van der Waals surface area contributed by atoms with E-state index in [0.717, 1.165) is 17.7 Å². The third-order valence-corrected chi connectivity index (χ3v) is 3.83. The van der Waals surface area contributed by atoms with E-state index in [1.165, 1.54) is 11.3 Å². The van der Waals surface area contributed by atoms with Gasteiger partial charge >= 0.3 is 0 Å². The number of aliphatic hydroxyl groups excluding tert-OH is 1. The summed E-state index contributed by atoms with van der Waals surface area (Å²) < 4.78 is 0. The van der Waals surface area contributed by atoms with Crippen LogP contribution in [0.15, 0.2) is 18.2 Å². The molecule has 17 heavy (non-hydrogen) atoms. The van der Waals surface area contributed by atoms with Crippen LogP contribution in [0.1, 0.15) is 24.5 Å². The Kier molecular flexibility index (Phi) is 5.86. The van der Waals surface area contributed by atoms with Crippen molar-refractivity contribution < 1.29 is 5.11 Å². The van der Waals surface area contributed by atoms with E-state index in [-0.39, 0.29) is 6.61 Å². The highest BCUT2D eigenvalue weighted by atomic mass is 32.2. The zero-order chi connectivity index (χ0) is 12.8. The Morgan fingerprint density at radius 3 is 2.71 bits per heavy atom. The van der Waals surface area contributed by atoms with Crippen LogP contribution in [-0.4, -0.2) is 30.2 Å².